The Kier molecular flexibility index (Phi) is 6.21. The highest BCUT2D eigenvalue weighted by molar-refractivity contribution is 7.92. The molecule has 0 unspecified atom stereocenters. The summed E-state index contributed by atoms with van der Waals surface area (Å²) in [5, 5.41) is 3.57. The third kappa shape index (κ3) is 5.01. The highest BCUT2D eigenvalue weighted by atomic mass is 35.5. The minimum atomic E-state index is -3.75. The third-order valence-corrected chi connectivity index (χ3v) is 5.55. The Balaban J connectivity index is 2.34. The van der Waals surface area contributed by atoms with Gasteiger partial charge in [0.15, 0.2) is 0 Å². The van der Waals surface area contributed by atoms with Crippen molar-refractivity contribution in [3.8, 4) is 0 Å². The van der Waals surface area contributed by atoms with E-state index in [0.29, 0.717) is 10.7 Å². The number of carbonyl (C=O) groups excluding carboxylic acids is 1. The zero-order valence-corrected chi connectivity index (χ0v) is 16.4. The summed E-state index contributed by atoms with van der Waals surface area (Å²) in [7, 11) is -3.75. The van der Waals surface area contributed by atoms with Crippen molar-refractivity contribution in [3.63, 3.8) is 0 Å². The van der Waals surface area contributed by atoms with Crippen molar-refractivity contribution in [2.24, 2.45) is 0 Å². The van der Waals surface area contributed by atoms with Crippen LogP contribution < -0.4 is 9.62 Å². The summed E-state index contributed by atoms with van der Waals surface area (Å²) in [6.07, 6.45) is 1.01. The van der Waals surface area contributed by atoms with Crippen LogP contribution in [-0.4, -0.2) is 26.6 Å². The molecule has 2 aromatic carbocycles. The van der Waals surface area contributed by atoms with Gasteiger partial charge < -0.3 is 5.32 Å². The molecule has 0 aliphatic carbocycles. The van der Waals surface area contributed by atoms with Gasteiger partial charge in [0.1, 0.15) is 6.04 Å². The van der Waals surface area contributed by atoms with E-state index >= 15 is 0 Å². The van der Waals surface area contributed by atoms with Gasteiger partial charge in [0.2, 0.25) is 15.9 Å². The molecule has 0 fully saturated rings. The first-order valence-electron chi connectivity index (χ1n) is 7.10. The summed E-state index contributed by atoms with van der Waals surface area (Å²) >= 11 is 17.7. The van der Waals surface area contributed by atoms with Crippen LogP contribution in [-0.2, 0) is 14.8 Å². The summed E-state index contributed by atoms with van der Waals surface area (Å²) in [4.78, 5) is 12.5. The van der Waals surface area contributed by atoms with Crippen LogP contribution in [0.5, 0.6) is 0 Å². The van der Waals surface area contributed by atoms with Gasteiger partial charge >= 0.3 is 0 Å². The first-order chi connectivity index (χ1) is 11.6. The van der Waals surface area contributed by atoms with Gasteiger partial charge in [-0.25, -0.2) is 8.42 Å². The van der Waals surface area contributed by atoms with Crippen LogP contribution in [0, 0.1) is 0 Å². The van der Waals surface area contributed by atoms with E-state index < -0.39 is 22.0 Å². The van der Waals surface area contributed by atoms with Crippen LogP contribution in [0.25, 0.3) is 0 Å². The Morgan fingerprint density at radius 3 is 2.32 bits per heavy atom. The summed E-state index contributed by atoms with van der Waals surface area (Å²) in [5.41, 5.74) is 0.706. The van der Waals surface area contributed by atoms with Crippen LogP contribution in [0.4, 0.5) is 11.4 Å². The maximum absolute atomic E-state index is 12.5. The zero-order valence-electron chi connectivity index (χ0n) is 13.3. The second-order valence-corrected chi connectivity index (χ2v) is 8.44. The highest BCUT2D eigenvalue weighted by Crippen LogP contribution is 2.30. The largest absolute Gasteiger partial charge is 0.324 e. The van der Waals surface area contributed by atoms with Gasteiger partial charge in [-0.2, -0.15) is 0 Å². The highest BCUT2D eigenvalue weighted by Gasteiger charge is 2.29. The molecule has 0 heterocycles. The van der Waals surface area contributed by atoms with Crippen molar-refractivity contribution in [2.45, 2.75) is 13.0 Å². The summed E-state index contributed by atoms with van der Waals surface area (Å²) in [6.45, 7) is 1.48. The number of nitrogens with one attached hydrogen (secondary N) is 1. The fraction of sp³-hybridized carbons (Fsp3) is 0.188. The SMILES string of the molecule is C[C@@H](C(=O)Nc1cccc(Cl)c1)N(c1ccc(Cl)c(Cl)c1)S(C)(=O)=O. The maximum Gasteiger partial charge on any atom is 0.247 e. The van der Waals surface area contributed by atoms with Gasteiger partial charge in [-0.05, 0) is 43.3 Å². The topological polar surface area (TPSA) is 66.5 Å². The molecule has 5 nitrogen and oxygen atoms in total. The number of benzene rings is 2. The molecule has 0 bridgehead atoms. The number of nitrogens with zero attached hydrogens (tertiary/aromatic N) is 1. The number of anilines is 2. The Labute approximate surface area is 161 Å². The van der Waals surface area contributed by atoms with Crippen LogP contribution in [0.3, 0.4) is 0 Å². The summed E-state index contributed by atoms with van der Waals surface area (Å²) in [6, 6.07) is 9.89. The molecule has 1 N–H and O–H groups in total. The molecule has 0 spiro atoms. The number of hydrogen-bond acceptors (Lipinski definition) is 3. The fourth-order valence-corrected chi connectivity index (χ4v) is 3.89. The van der Waals surface area contributed by atoms with Crippen molar-refractivity contribution in [2.75, 3.05) is 15.9 Å². The molecular formula is C16H15Cl3N2O3S. The molecule has 0 aliphatic rings. The number of carbonyl (C=O) groups is 1. The smallest absolute Gasteiger partial charge is 0.247 e. The van der Waals surface area contributed by atoms with E-state index in [1.807, 2.05) is 0 Å². The molecule has 2 rings (SSSR count). The lowest BCUT2D eigenvalue weighted by Gasteiger charge is -2.28. The van der Waals surface area contributed by atoms with Crippen molar-refractivity contribution in [1.82, 2.24) is 0 Å². The van der Waals surface area contributed by atoms with Gasteiger partial charge in [-0.15, -0.1) is 0 Å². The molecule has 0 radical (unpaired) electrons. The second-order valence-electron chi connectivity index (χ2n) is 5.33. The lowest BCUT2D eigenvalue weighted by atomic mass is 10.2. The van der Waals surface area contributed by atoms with E-state index in [0.717, 1.165) is 10.6 Å². The normalized spacial score (nSPS) is 12.5. The number of halogens is 3. The fourth-order valence-electron chi connectivity index (χ4n) is 2.24. The monoisotopic (exact) mass is 420 g/mol. The Morgan fingerprint density at radius 2 is 1.76 bits per heavy atom. The van der Waals surface area contributed by atoms with Gasteiger partial charge in [0.05, 0.1) is 22.0 Å². The van der Waals surface area contributed by atoms with Gasteiger partial charge in [-0.1, -0.05) is 40.9 Å². The standard InChI is InChI=1S/C16H15Cl3N2O3S/c1-10(16(22)20-12-5-3-4-11(17)8-12)21(25(2,23)24)13-6-7-14(18)15(19)9-13/h3-10H,1-2H3,(H,20,22)/t10-/m0/s1. The van der Waals surface area contributed by atoms with Crippen molar-refractivity contribution < 1.29 is 13.2 Å². The number of sulfonamides is 1. The first kappa shape index (κ1) is 19.8. The van der Waals surface area contributed by atoms with E-state index in [4.69, 9.17) is 34.8 Å². The molecule has 0 saturated heterocycles. The molecular weight excluding hydrogens is 407 g/mol. The number of rotatable bonds is 5. The molecule has 134 valence electrons. The van der Waals surface area contributed by atoms with E-state index in [2.05, 4.69) is 5.32 Å². The molecule has 0 saturated carbocycles. The Morgan fingerprint density at radius 1 is 1.08 bits per heavy atom. The lowest BCUT2D eigenvalue weighted by Crippen LogP contribution is -2.45. The van der Waals surface area contributed by atoms with Crippen LogP contribution in [0.1, 0.15) is 6.92 Å². The quantitative estimate of drug-likeness (QED) is 0.776. The number of amides is 1. The van der Waals surface area contributed by atoms with Crippen LogP contribution in [0.2, 0.25) is 15.1 Å². The van der Waals surface area contributed by atoms with Crippen LogP contribution in [0.15, 0.2) is 42.5 Å². The van der Waals surface area contributed by atoms with Crippen molar-refractivity contribution in [1.29, 1.82) is 0 Å². The Hall–Kier alpha value is -1.47. The number of hydrogen-bond donors (Lipinski definition) is 1. The maximum atomic E-state index is 12.5. The minimum Gasteiger partial charge on any atom is -0.324 e. The van der Waals surface area contributed by atoms with Gasteiger partial charge in [0.25, 0.3) is 0 Å². The molecule has 1 atom stereocenters. The van der Waals surface area contributed by atoms with Crippen molar-refractivity contribution >= 4 is 62.1 Å². The van der Waals surface area contributed by atoms with Crippen LogP contribution >= 0.6 is 34.8 Å². The molecule has 0 aromatic heterocycles. The van der Waals surface area contributed by atoms with E-state index in [-0.39, 0.29) is 15.7 Å². The molecule has 1 amide bonds. The molecule has 25 heavy (non-hydrogen) atoms. The van der Waals surface area contributed by atoms with E-state index in [1.54, 1.807) is 24.3 Å². The molecule has 0 aliphatic heterocycles. The average molecular weight is 422 g/mol. The second kappa shape index (κ2) is 7.83. The predicted molar refractivity (Wildman–Crippen MR) is 103 cm³/mol. The lowest BCUT2D eigenvalue weighted by molar-refractivity contribution is -0.116. The molecule has 2 aromatic rings. The minimum absolute atomic E-state index is 0.190. The van der Waals surface area contributed by atoms with Crippen molar-refractivity contribution in [3.05, 3.63) is 57.5 Å². The summed E-state index contributed by atoms with van der Waals surface area (Å²) in [5.74, 6) is -0.515. The summed E-state index contributed by atoms with van der Waals surface area (Å²) < 4.78 is 25.4. The van der Waals surface area contributed by atoms with Gasteiger partial charge in [0, 0.05) is 10.7 Å². The predicted octanol–water partition coefficient (Wildman–Crippen LogP) is 4.44. The molecule has 9 heteroatoms. The average Bonchev–Trinajstić information content (AvgIpc) is 2.49. The van der Waals surface area contributed by atoms with E-state index in [1.165, 1.54) is 25.1 Å². The van der Waals surface area contributed by atoms with Gasteiger partial charge in [-0.3, -0.25) is 9.10 Å². The zero-order chi connectivity index (χ0) is 18.8. The Bertz CT molecular complexity index is 903. The first-order valence-corrected chi connectivity index (χ1v) is 10.1. The van der Waals surface area contributed by atoms with E-state index in [9.17, 15) is 13.2 Å². The third-order valence-electron chi connectivity index (χ3n) is 3.34.